The summed E-state index contributed by atoms with van der Waals surface area (Å²) in [6, 6.07) is 10.4. The van der Waals surface area contributed by atoms with E-state index in [2.05, 4.69) is 37.3 Å². The molecule has 0 radical (unpaired) electrons. The second-order valence-corrected chi connectivity index (χ2v) is 7.83. The highest BCUT2D eigenvalue weighted by atomic mass is 14.6. The lowest BCUT2D eigenvalue weighted by Gasteiger charge is -2.04. The van der Waals surface area contributed by atoms with Gasteiger partial charge in [-0.2, -0.15) is 0 Å². The summed E-state index contributed by atoms with van der Waals surface area (Å²) in [5.74, 6) is 0. The van der Waals surface area contributed by atoms with Crippen molar-refractivity contribution in [2.75, 3.05) is 0 Å². The molecule has 26 heavy (non-hydrogen) atoms. The molecule has 0 saturated heterocycles. The zero-order valence-corrected chi connectivity index (χ0v) is 17.4. The smallest absolute Gasteiger partial charge is 0.00864 e. The van der Waals surface area contributed by atoms with E-state index in [0.29, 0.717) is 0 Å². The maximum atomic E-state index is 6.12. The summed E-state index contributed by atoms with van der Waals surface area (Å²) in [5.41, 5.74) is 8.35. The first-order valence-corrected chi connectivity index (χ1v) is 11.3. The fraction of sp³-hybridized carbons (Fsp3) is 0.680. The van der Waals surface area contributed by atoms with Crippen molar-refractivity contribution in [1.29, 1.82) is 0 Å². The largest absolute Gasteiger partial charge is 0.402 e. The van der Waals surface area contributed by atoms with Crippen LogP contribution in [0.5, 0.6) is 0 Å². The van der Waals surface area contributed by atoms with E-state index in [0.717, 1.165) is 12.1 Å². The topological polar surface area (TPSA) is 26.0 Å². The molecule has 1 rings (SSSR count). The third-order valence-electron chi connectivity index (χ3n) is 5.22. The molecule has 0 aliphatic rings. The average Bonchev–Trinajstić information content (AvgIpc) is 2.65. The van der Waals surface area contributed by atoms with Gasteiger partial charge in [0, 0.05) is 5.70 Å². The van der Waals surface area contributed by atoms with Gasteiger partial charge in [0.1, 0.15) is 0 Å². The molecule has 148 valence electrons. The number of allylic oxidation sites excluding steroid dienone is 1. The molecule has 0 aliphatic carbocycles. The van der Waals surface area contributed by atoms with Gasteiger partial charge in [-0.05, 0) is 24.5 Å². The molecular formula is C25H43N. The van der Waals surface area contributed by atoms with Gasteiger partial charge in [0.25, 0.3) is 0 Å². The summed E-state index contributed by atoms with van der Waals surface area (Å²) in [5, 5.41) is 0. The van der Waals surface area contributed by atoms with E-state index in [1.165, 1.54) is 102 Å². The van der Waals surface area contributed by atoms with Crippen LogP contribution in [-0.4, -0.2) is 0 Å². The van der Waals surface area contributed by atoms with Crippen LogP contribution in [0.3, 0.4) is 0 Å². The summed E-state index contributed by atoms with van der Waals surface area (Å²) in [6.07, 6.45) is 24.3. The maximum absolute atomic E-state index is 6.12. The van der Waals surface area contributed by atoms with E-state index < -0.39 is 0 Å². The third kappa shape index (κ3) is 14.0. The first-order chi connectivity index (χ1) is 12.8. The Balaban J connectivity index is 1.81. The summed E-state index contributed by atoms with van der Waals surface area (Å²) in [6.45, 7) is 2.29. The van der Waals surface area contributed by atoms with E-state index in [-0.39, 0.29) is 0 Å². The molecule has 1 aromatic carbocycles. The second kappa shape index (κ2) is 17.2. The molecule has 0 saturated carbocycles. The van der Waals surface area contributed by atoms with Gasteiger partial charge in [0.15, 0.2) is 0 Å². The van der Waals surface area contributed by atoms with Crippen molar-refractivity contribution in [3.63, 3.8) is 0 Å². The molecule has 0 spiro atoms. The molecule has 0 atom stereocenters. The second-order valence-electron chi connectivity index (χ2n) is 7.83. The minimum atomic E-state index is 1.02. The molecule has 1 nitrogen and oxygen atoms in total. The summed E-state index contributed by atoms with van der Waals surface area (Å²) in [4.78, 5) is 0. The van der Waals surface area contributed by atoms with Crippen LogP contribution in [0.15, 0.2) is 36.0 Å². The van der Waals surface area contributed by atoms with Crippen LogP contribution in [0.1, 0.15) is 115 Å². The summed E-state index contributed by atoms with van der Waals surface area (Å²) in [7, 11) is 0. The lowest BCUT2D eigenvalue weighted by molar-refractivity contribution is 0.532. The number of benzene rings is 1. The number of nitrogens with two attached hydrogens (primary N) is 1. The Kier molecular flexibility index (Phi) is 15.1. The van der Waals surface area contributed by atoms with Gasteiger partial charge in [0.05, 0.1) is 0 Å². The van der Waals surface area contributed by atoms with Gasteiger partial charge in [-0.3, -0.25) is 0 Å². The lowest BCUT2D eigenvalue weighted by Crippen LogP contribution is -1.96. The minimum Gasteiger partial charge on any atom is -0.402 e. The minimum absolute atomic E-state index is 1.02. The summed E-state index contributed by atoms with van der Waals surface area (Å²) >= 11 is 0. The SMILES string of the molecule is CCCCCCCCCCCCCCCCCC(N)=Cc1ccccc1. The zero-order valence-electron chi connectivity index (χ0n) is 17.4. The van der Waals surface area contributed by atoms with Gasteiger partial charge >= 0.3 is 0 Å². The first-order valence-electron chi connectivity index (χ1n) is 11.3. The van der Waals surface area contributed by atoms with Crippen molar-refractivity contribution in [3.05, 3.63) is 41.6 Å². The average molecular weight is 358 g/mol. The van der Waals surface area contributed by atoms with E-state index >= 15 is 0 Å². The Morgan fingerprint density at radius 1 is 0.654 bits per heavy atom. The highest BCUT2D eigenvalue weighted by Crippen LogP contribution is 2.15. The van der Waals surface area contributed by atoms with Gasteiger partial charge in [-0.1, -0.05) is 127 Å². The van der Waals surface area contributed by atoms with Crippen LogP contribution in [0, 0.1) is 0 Å². The lowest BCUT2D eigenvalue weighted by atomic mass is 10.0. The molecule has 0 heterocycles. The van der Waals surface area contributed by atoms with Crippen LogP contribution < -0.4 is 5.73 Å². The molecular weight excluding hydrogens is 314 g/mol. The molecule has 0 unspecified atom stereocenters. The van der Waals surface area contributed by atoms with Gasteiger partial charge < -0.3 is 5.73 Å². The van der Waals surface area contributed by atoms with Crippen LogP contribution in [-0.2, 0) is 0 Å². The van der Waals surface area contributed by atoms with Crippen molar-refractivity contribution in [2.45, 2.75) is 110 Å². The first kappa shape index (κ1) is 22.8. The zero-order chi connectivity index (χ0) is 18.7. The Morgan fingerprint density at radius 2 is 1.08 bits per heavy atom. The van der Waals surface area contributed by atoms with Crippen LogP contribution >= 0.6 is 0 Å². The van der Waals surface area contributed by atoms with Crippen molar-refractivity contribution >= 4 is 6.08 Å². The number of hydrogen-bond donors (Lipinski definition) is 1. The Hall–Kier alpha value is -1.24. The number of rotatable bonds is 17. The molecule has 0 amide bonds. The highest BCUT2D eigenvalue weighted by molar-refractivity contribution is 5.51. The fourth-order valence-electron chi connectivity index (χ4n) is 3.54. The quantitative estimate of drug-likeness (QED) is 0.279. The monoisotopic (exact) mass is 357 g/mol. The summed E-state index contributed by atoms with van der Waals surface area (Å²) < 4.78 is 0. The van der Waals surface area contributed by atoms with E-state index in [1.807, 2.05) is 6.07 Å². The van der Waals surface area contributed by atoms with Crippen molar-refractivity contribution in [1.82, 2.24) is 0 Å². The third-order valence-corrected chi connectivity index (χ3v) is 5.22. The molecule has 1 heteroatoms. The van der Waals surface area contributed by atoms with Gasteiger partial charge in [-0.25, -0.2) is 0 Å². The predicted octanol–water partition coefficient (Wildman–Crippen LogP) is 8.25. The Bertz CT molecular complexity index is 435. The number of unbranched alkanes of at least 4 members (excludes halogenated alkanes) is 14. The highest BCUT2D eigenvalue weighted by Gasteiger charge is 1.96. The van der Waals surface area contributed by atoms with Crippen molar-refractivity contribution < 1.29 is 0 Å². The molecule has 0 bridgehead atoms. The molecule has 1 aromatic rings. The molecule has 0 aliphatic heterocycles. The Morgan fingerprint density at radius 3 is 1.54 bits per heavy atom. The number of hydrogen-bond acceptors (Lipinski definition) is 1. The normalized spacial score (nSPS) is 11.8. The van der Waals surface area contributed by atoms with Crippen LogP contribution in [0.2, 0.25) is 0 Å². The van der Waals surface area contributed by atoms with E-state index in [4.69, 9.17) is 5.73 Å². The molecule has 0 aromatic heterocycles. The van der Waals surface area contributed by atoms with Crippen molar-refractivity contribution in [3.8, 4) is 0 Å². The molecule has 2 N–H and O–H groups in total. The fourth-order valence-corrected chi connectivity index (χ4v) is 3.54. The van der Waals surface area contributed by atoms with E-state index in [9.17, 15) is 0 Å². The Labute approximate surface area is 163 Å². The standard InChI is InChI=1S/C25H43N/c1-2-3-4-5-6-7-8-9-10-11-12-13-14-15-19-22-25(26)23-24-20-17-16-18-21-24/h16-18,20-21,23H,2-15,19,22,26H2,1H3. The van der Waals surface area contributed by atoms with Gasteiger partial charge in [-0.15, -0.1) is 0 Å². The van der Waals surface area contributed by atoms with Crippen molar-refractivity contribution in [2.24, 2.45) is 5.73 Å². The van der Waals surface area contributed by atoms with Crippen LogP contribution in [0.4, 0.5) is 0 Å². The van der Waals surface area contributed by atoms with Gasteiger partial charge in [0.2, 0.25) is 0 Å². The van der Waals surface area contributed by atoms with Crippen LogP contribution in [0.25, 0.3) is 6.08 Å². The predicted molar refractivity (Wildman–Crippen MR) is 118 cm³/mol. The van der Waals surface area contributed by atoms with E-state index in [1.54, 1.807) is 0 Å². The molecule has 0 fully saturated rings. The maximum Gasteiger partial charge on any atom is 0.00864 e.